The molecule has 25 heavy (non-hydrogen) atoms. The summed E-state index contributed by atoms with van der Waals surface area (Å²) in [5.74, 6) is 0.262. The average molecular weight is 333 g/mol. The zero-order chi connectivity index (χ0) is 17.2. The van der Waals surface area contributed by atoms with Gasteiger partial charge < -0.3 is 4.90 Å². The Hall–Kier alpha value is -3.08. The van der Waals surface area contributed by atoms with Gasteiger partial charge >= 0.3 is 0 Å². The number of hydrogen-bond acceptors (Lipinski definition) is 3. The maximum absolute atomic E-state index is 13.0. The Labute approximate surface area is 145 Å². The molecule has 1 aromatic heterocycles. The summed E-state index contributed by atoms with van der Waals surface area (Å²) in [6.45, 7) is 1.06. The van der Waals surface area contributed by atoms with E-state index < -0.39 is 0 Å². The van der Waals surface area contributed by atoms with E-state index in [2.05, 4.69) is 9.97 Å². The number of halogens is 1. The van der Waals surface area contributed by atoms with Gasteiger partial charge in [0.1, 0.15) is 5.82 Å². The zero-order valence-corrected chi connectivity index (χ0v) is 13.5. The molecule has 124 valence electrons. The quantitative estimate of drug-likeness (QED) is 0.721. The highest BCUT2D eigenvalue weighted by Crippen LogP contribution is 2.22. The maximum Gasteiger partial charge on any atom is 0.254 e. The second kappa shape index (κ2) is 6.43. The van der Waals surface area contributed by atoms with Gasteiger partial charge in [-0.1, -0.05) is 30.3 Å². The molecule has 0 saturated heterocycles. The summed E-state index contributed by atoms with van der Waals surface area (Å²) in [5, 5.41) is 0. The molecule has 0 spiro atoms. The molecule has 0 bridgehead atoms. The van der Waals surface area contributed by atoms with Gasteiger partial charge in [0, 0.05) is 42.4 Å². The Morgan fingerprint density at radius 3 is 2.56 bits per heavy atom. The lowest BCUT2D eigenvalue weighted by Gasteiger charge is -2.28. The Kier molecular flexibility index (Phi) is 3.98. The second-order valence-corrected chi connectivity index (χ2v) is 6.02. The predicted molar refractivity (Wildman–Crippen MR) is 92.3 cm³/mol. The first kappa shape index (κ1) is 15.4. The average Bonchev–Trinajstić information content (AvgIpc) is 2.68. The summed E-state index contributed by atoms with van der Waals surface area (Å²) >= 11 is 0. The van der Waals surface area contributed by atoms with Crippen molar-refractivity contribution in [3.05, 3.63) is 83.4 Å². The third-order valence-electron chi connectivity index (χ3n) is 4.34. The lowest BCUT2D eigenvalue weighted by atomic mass is 10.1. The van der Waals surface area contributed by atoms with Crippen LogP contribution < -0.4 is 0 Å². The van der Waals surface area contributed by atoms with Crippen LogP contribution in [0.4, 0.5) is 4.39 Å². The number of benzene rings is 2. The standard InChI is InChI=1S/C20H16FN3O/c21-17-8-6-15(7-9-17)20(25)24-11-10-18-16(13-24)12-22-19(23-18)14-4-2-1-3-5-14/h1-9,12H,10-11,13H2. The van der Waals surface area contributed by atoms with E-state index in [1.54, 1.807) is 11.1 Å². The fourth-order valence-corrected chi connectivity index (χ4v) is 2.99. The molecule has 0 saturated carbocycles. The molecule has 4 rings (SSSR count). The summed E-state index contributed by atoms with van der Waals surface area (Å²) in [5.41, 5.74) is 3.42. The van der Waals surface area contributed by atoms with Crippen LogP contribution in [0.3, 0.4) is 0 Å². The molecule has 2 aromatic carbocycles. The minimum atomic E-state index is -0.345. The van der Waals surface area contributed by atoms with Crippen LogP contribution in [0.15, 0.2) is 60.8 Å². The molecule has 0 radical (unpaired) electrons. The van der Waals surface area contributed by atoms with Crippen LogP contribution in [0.2, 0.25) is 0 Å². The topological polar surface area (TPSA) is 46.1 Å². The Balaban J connectivity index is 1.55. The Bertz CT molecular complexity index is 910. The molecule has 0 aliphatic carbocycles. The molecule has 5 heteroatoms. The molecule has 3 aromatic rings. The number of fused-ring (bicyclic) bond motifs is 1. The summed E-state index contributed by atoms with van der Waals surface area (Å²) < 4.78 is 13.0. The van der Waals surface area contributed by atoms with Crippen molar-refractivity contribution >= 4 is 5.91 Å². The van der Waals surface area contributed by atoms with Crippen LogP contribution in [-0.2, 0) is 13.0 Å². The van der Waals surface area contributed by atoms with Crippen LogP contribution in [0.25, 0.3) is 11.4 Å². The number of aromatic nitrogens is 2. The third kappa shape index (κ3) is 3.13. The number of nitrogens with zero attached hydrogens (tertiary/aromatic N) is 3. The number of amides is 1. The molecular formula is C20H16FN3O. The van der Waals surface area contributed by atoms with Crippen molar-refractivity contribution in [2.45, 2.75) is 13.0 Å². The van der Waals surface area contributed by atoms with E-state index in [4.69, 9.17) is 0 Å². The molecule has 1 amide bonds. The highest BCUT2D eigenvalue weighted by atomic mass is 19.1. The molecule has 2 heterocycles. The van der Waals surface area contributed by atoms with Crippen LogP contribution in [0.1, 0.15) is 21.6 Å². The van der Waals surface area contributed by atoms with Gasteiger partial charge in [-0.25, -0.2) is 14.4 Å². The number of hydrogen-bond donors (Lipinski definition) is 0. The largest absolute Gasteiger partial charge is 0.334 e. The Morgan fingerprint density at radius 2 is 1.80 bits per heavy atom. The van der Waals surface area contributed by atoms with Crippen LogP contribution in [-0.4, -0.2) is 27.3 Å². The van der Waals surface area contributed by atoms with E-state index in [0.717, 1.165) is 16.8 Å². The van der Waals surface area contributed by atoms with Gasteiger partial charge in [-0.15, -0.1) is 0 Å². The second-order valence-electron chi connectivity index (χ2n) is 6.02. The highest BCUT2D eigenvalue weighted by molar-refractivity contribution is 5.94. The number of carbonyl (C=O) groups is 1. The first-order chi connectivity index (χ1) is 12.2. The van der Waals surface area contributed by atoms with Crippen LogP contribution in [0, 0.1) is 5.82 Å². The normalized spacial score (nSPS) is 13.4. The molecule has 1 aliphatic heterocycles. The van der Waals surface area contributed by atoms with Gasteiger partial charge in [-0.3, -0.25) is 4.79 Å². The third-order valence-corrected chi connectivity index (χ3v) is 4.34. The fraction of sp³-hybridized carbons (Fsp3) is 0.150. The van der Waals surface area contributed by atoms with Crippen molar-refractivity contribution in [3.8, 4) is 11.4 Å². The Morgan fingerprint density at radius 1 is 1.04 bits per heavy atom. The lowest BCUT2D eigenvalue weighted by Crippen LogP contribution is -2.36. The van der Waals surface area contributed by atoms with Crippen molar-refractivity contribution in [2.24, 2.45) is 0 Å². The molecule has 0 atom stereocenters. The van der Waals surface area contributed by atoms with E-state index in [0.29, 0.717) is 30.9 Å². The van der Waals surface area contributed by atoms with Gasteiger partial charge in [-0.05, 0) is 24.3 Å². The minimum absolute atomic E-state index is 0.0993. The monoisotopic (exact) mass is 333 g/mol. The van der Waals surface area contributed by atoms with Gasteiger partial charge in [0.05, 0.1) is 5.69 Å². The highest BCUT2D eigenvalue weighted by Gasteiger charge is 2.23. The molecule has 1 aliphatic rings. The lowest BCUT2D eigenvalue weighted by molar-refractivity contribution is 0.0733. The molecule has 0 fully saturated rings. The maximum atomic E-state index is 13.0. The van der Waals surface area contributed by atoms with Crippen LogP contribution in [0.5, 0.6) is 0 Å². The molecule has 4 nitrogen and oxygen atoms in total. The summed E-state index contributed by atoms with van der Waals surface area (Å²) in [7, 11) is 0. The van der Waals surface area contributed by atoms with E-state index >= 15 is 0 Å². The number of carbonyl (C=O) groups excluding carboxylic acids is 1. The molecule has 0 unspecified atom stereocenters. The summed E-state index contributed by atoms with van der Waals surface area (Å²) in [6.07, 6.45) is 2.49. The van der Waals surface area contributed by atoms with E-state index in [1.807, 2.05) is 30.3 Å². The molecular weight excluding hydrogens is 317 g/mol. The van der Waals surface area contributed by atoms with Gasteiger partial charge in [0.15, 0.2) is 5.82 Å². The van der Waals surface area contributed by atoms with E-state index in [-0.39, 0.29) is 11.7 Å². The predicted octanol–water partition coefficient (Wildman–Crippen LogP) is 3.48. The van der Waals surface area contributed by atoms with Crippen molar-refractivity contribution < 1.29 is 9.18 Å². The molecule has 0 N–H and O–H groups in total. The van der Waals surface area contributed by atoms with Gasteiger partial charge in [0.25, 0.3) is 5.91 Å². The van der Waals surface area contributed by atoms with Crippen molar-refractivity contribution in [1.82, 2.24) is 14.9 Å². The first-order valence-corrected chi connectivity index (χ1v) is 8.16. The summed E-state index contributed by atoms with van der Waals surface area (Å²) in [6, 6.07) is 15.5. The van der Waals surface area contributed by atoms with E-state index in [9.17, 15) is 9.18 Å². The fourth-order valence-electron chi connectivity index (χ4n) is 2.99. The van der Waals surface area contributed by atoms with Gasteiger partial charge in [-0.2, -0.15) is 0 Å². The smallest absolute Gasteiger partial charge is 0.254 e. The van der Waals surface area contributed by atoms with Crippen LogP contribution >= 0.6 is 0 Å². The van der Waals surface area contributed by atoms with Crippen molar-refractivity contribution in [1.29, 1.82) is 0 Å². The number of rotatable bonds is 2. The van der Waals surface area contributed by atoms with Crippen molar-refractivity contribution in [2.75, 3.05) is 6.54 Å². The van der Waals surface area contributed by atoms with Gasteiger partial charge in [0.2, 0.25) is 0 Å². The minimum Gasteiger partial charge on any atom is -0.334 e. The first-order valence-electron chi connectivity index (χ1n) is 8.16. The van der Waals surface area contributed by atoms with E-state index in [1.165, 1.54) is 24.3 Å². The van der Waals surface area contributed by atoms with Crippen molar-refractivity contribution in [3.63, 3.8) is 0 Å². The SMILES string of the molecule is O=C(c1ccc(F)cc1)N1CCc2nc(-c3ccccc3)ncc2C1. The summed E-state index contributed by atoms with van der Waals surface area (Å²) in [4.78, 5) is 23.4. The zero-order valence-electron chi connectivity index (χ0n) is 13.5.